The molecule has 4 nitrogen and oxygen atoms in total. The van der Waals surface area contributed by atoms with Gasteiger partial charge in [0.1, 0.15) is 5.75 Å². The standard InChI is InChI=1S/C17H17ClN2O2S/c1-22-15-7-4-5-13(9-15)10-19-20-17(21)12-23-11-14-6-2-3-8-16(14)18/h2-10H,11-12H2,1H3,(H,20,21)/b19-10-. The third-order valence-electron chi connectivity index (χ3n) is 2.95. The number of methoxy groups -OCH3 is 1. The minimum Gasteiger partial charge on any atom is -0.497 e. The third kappa shape index (κ3) is 5.96. The molecule has 2 aromatic carbocycles. The number of nitrogens with one attached hydrogen (secondary N) is 1. The van der Waals surface area contributed by atoms with Crippen molar-refractivity contribution in [1.82, 2.24) is 5.43 Å². The highest BCUT2D eigenvalue weighted by atomic mass is 35.5. The fourth-order valence-corrected chi connectivity index (χ4v) is 2.91. The van der Waals surface area contributed by atoms with Gasteiger partial charge in [-0.25, -0.2) is 5.43 Å². The summed E-state index contributed by atoms with van der Waals surface area (Å²) in [7, 11) is 1.61. The molecule has 0 spiro atoms. The summed E-state index contributed by atoms with van der Waals surface area (Å²) in [6.45, 7) is 0. The molecular weight excluding hydrogens is 332 g/mol. The number of amides is 1. The molecule has 0 saturated heterocycles. The van der Waals surface area contributed by atoms with E-state index >= 15 is 0 Å². The van der Waals surface area contributed by atoms with E-state index in [-0.39, 0.29) is 5.91 Å². The SMILES string of the molecule is COc1cccc(/C=N\NC(=O)CSCc2ccccc2Cl)c1. The number of thioether (sulfide) groups is 1. The van der Waals surface area contributed by atoms with E-state index in [1.165, 1.54) is 11.8 Å². The van der Waals surface area contributed by atoms with E-state index in [9.17, 15) is 4.79 Å². The Morgan fingerprint density at radius 3 is 2.91 bits per heavy atom. The molecular formula is C17H17ClN2O2S. The van der Waals surface area contributed by atoms with Gasteiger partial charge in [0.25, 0.3) is 0 Å². The molecule has 0 radical (unpaired) electrons. The predicted octanol–water partition coefficient (Wildman–Crippen LogP) is 3.73. The van der Waals surface area contributed by atoms with Crippen LogP contribution in [0.1, 0.15) is 11.1 Å². The topological polar surface area (TPSA) is 50.7 Å². The summed E-state index contributed by atoms with van der Waals surface area (Å²) < 4.78 is 5.12. The average molecular weight is 349 g/mol. The van der Waals surface area contributed by atoms with Gasteiger partial charge >= 0.3 is 0 Å². The second kappa shape index (κ2) is 9.22. The van der Waals surface area contributed by atoms with E-state index in [1.807, 2.05) is 48.5 Å². The zero-order valence-electron chi connectivity index (χ0n) is 12.7. The Hall–Kier alpha value is -1.98. The molecule has 0 heterocycles. The quantitative estimate of drug-likeness (QED) is 0.612. The molecule has 1 N–H and O–H groups in total. The van der Waals surface area contributed by atoms with Gasteiger partial charge in [-0.1, -0.05) is 41.9 Å². The number of carbonyl (C=O) groups is 1. The maximum Gasteiger partial charge on any atom is 0.250 e. The number of benzene rings is 2. The van der Waals surface area contributed by atoms with Gasteiger partial charge in [0.2, 0.25) is 5.91 Å². The van der Waals surface area contributed by atoms with Crippen molar-refractivity contribution in [2.75, 3.05) is 12.9 Å². The molecule has 23 heavy (non-hydrogen) atoms. The van der Waals surface area contributed by atoms with Crippen LogP contribution >= 0.6 is 23.4 Å². The molecule has 0 aliphatic heterocycles. The largest absolute Gasteiger partial charge is 0.497 e. The van der Waals surface area contributed by atoms with Crippen LogP contribution in [0.4, 0.5) is 0 Å². The Kier molecular flexibility index (Phi) is 6.97. The molecule has 120 valence electrons. The van der Waals surface area contributed by atoms with E-state index < -0.39 is 0 Å². The van der Waals surface area contributed by atoms with Gasteiger partial charge in [-0.2, -0.15) is 5.10 Å². The number of halogens is 1. The van der Waals surface area contributed by atoms with E-state index in [0.29, 0.717) is 11.5 Å². The molecule has 0 saturated carbocycles. The summed E-state index contributed by atoms with van der Waals surface area (Å²) in [4.78, 5) is 11.7. The van der Waals surface area contributed by atoms with Gasteiger partial charge in [-0.15, -0.1) is 11.8 Å². The summed E-state index contributed by atoms with van der Waals surface area (Å²) in [5, 5.41) is 4.66. The van der Waals surface area contributed by atoms with Gasteiger partial charge in [-0.3, -0.25) is 4.79 Å². The van der Waals surface area contributed by atoms with E-state index in [2.05, 4.69) is 10.5 Å². The molecule has 0 unspecified atom stereocenters. The lowest BCUT2D eigenvalue weighted by Crippen LogP contribution is -2.19. The molecule has 2 rings (SSSR count). The highest BCUT2D eigenvalue weighted by molar-refractivity contribution is 7.99. The number of nitrogens with zero attached hydrogens (tertiary/aromatic N) is 1. The van der Waals surface area contributed by atoms with Crippen molar-refractivity contribution in [3.05, 3.63) is 64.7 Å². The number of rotatable bonds is 7. The van der Waals surface area contributed by atoms with Crippen molar-refractivity contribution in [2.45, 2.75) is 5.75 Å². The molecule has 0 aromatic heterocycles. The molecule has 1 amide bonds. The highest BCUT2D eigenvalue weighted by Crippen LogP contribution is 2.20. The first-order chi connectivity index (χ1) is 11.2. The summed E-state index contributed by atoms with van der Waals surface area (Å²) in [6, 6.07) is 15.0. The maximum absolute atomic E-state index is 11.7. The summed E-state index contributed by atoms with van der Waals surface area (Å²) in [5.41, 5.74) is 4.38. The van der Waals surface area contributed by atoms with Crippen molar-refractivity contribution < 1.29 is 9.53 Å². The molecule has 0 fully saturated rings. The Morgan fingerprint density at radius 1 is 1.30 bits per heavy atom. The first kappa shape index (κ1) is 17.4. The van der Waals surface area contributed by atoms with Crippen LogP contribution in [0.25, 0.3) is 0 Å². The Balaban J connectivity index is 1.74. The van der Waals surface area contributed by atoms with E-state index in [4.69, 9.17) is 16.3 Å². The summed E-state index contributed by atoms with van der Waals surface area (Å²) >= 11 is 7.56. The average Bonchev–Trinajstić information content (AvgIpc) is 2.57. The second-order valence-corrected chi connectivity index (χ2v) is 6.05. The summed E-state index contributed by atoms with van der Waals surface area (Å²) in [6.07, 6.45) is 1.58. The Morgan fingerprint density at radius 2 is 2.13 bits per heavy atom. The van der Waals surface area contributed by atoms with Gasteiger partial charge in [0, 0.05) is 10.8 Å². The monoisotopic (exact) mass is 348 g/mol. The van der Waals surface area contributed by atoms with Crippen molar-refractivity contribution >= 4 is 35.5 Å². The number of carbonyl (C=O) groups excluding carboxylic acids is 1. The number of hydrogen-bond acceptors (Lipinski definition) is 4. The van der Waals surface area contributed by atoms with Crippen molar-refractivity contribution in [3.8, 4) is 5.75 Å². The normalized spacial score (nSPS) is 10.7. The van der Waals surface area contributed by atoms with Crippen LogP contribution in [0.3, 0.4) is 0 Å². The van der Waals surface area contributed by atoms with Crippen LogP contribution in [-0.4, -0.2) is 25.0 Å². The first-order valence-corrected chi connectivity index (χ1v) is 8.49. The minimum absolute atomic E-state index is 0.152. The van der Waals surface area contributed by atoms with E-state index in [1.54, 1.807) is 13.3 Å². The second-order valence-electron chi connectivity index (χ2n) is 4.65. The lowest BCUT2D eigenvalue weighted by molar-refractivity contribution is -0.118. The molecule has 0 aliphatic rings. The first-order valence-electron chi connectivity index (χ1n) is 6.96. The van der Waals surface area contributed by atoms with Crippen LogP contribution in [-0.2, 0) is 10.5 Å². The smallest absolute Gasteiger partial charge is 0.250 e. The van der Waals surface area contributed by atoms with Gasteiger partial charge < -0.3 is 4.74 Å². The Labute approximate surface area is 144 Å². The van der Waals surface area contributed by atoms with Gasteiger partial charge in [-0.05, 0) is 29.3 Å². The van der Waals surface area contributed by atoms with Gasteiger partial charge in [0.05, 0.1) is 19.1 Å². The van der Waals surface area contributed by atoms with Crippen molar-refractivity contribution in [1.29, 1.82) is 0 Å². The lowest BCUT2D eigenvalue weighted by atomic mass is 10.2. The van der Waals surface area contributed by atoms with Crippen LogP contribution in [0.5, 0.6) is 5.75 Å². The van der Waals surface area contributed by atoms with Crippen LogP contribution in [0.15, 0.2) is 53.6 Å². The zero-order chi connectivity index (χ0) is 16.5. The number of hydrogen-bond donors (Lipinski definition) is 1. The van der Waals surface area contributed by atoms with Crippen molar-refractivity contribution in [3.63, 3.8) is 0 Å². The summed E-state index contributed by atoms with van der Waals surface area (Å²) in [5.74, 6) is 1.60. The molecule has 0 bridgehead atoms. The van der Waals surface area contributed by atoms with Crippen molar-refractivity contribution in [2.24, 2.45) is 5.10 Å². The molecule has 0 aliphatic carbocycles. The fraction of sp³-hybridized carbons (Fsp3) is 0.176. The third-order valence-corrected chi connectivity index (χ3v) is 4.30. The van der Waals surface area contributed by atoms with Crippen LogP contribution in [0, 0.1) is 0 Å². The molecule has 6 heteroatoms. The number of hydrazone groups is 1. The molecule has 2 aromatic rings. The minimum atomic E-state index is -0.152. The predicted molar refractivity (Wildman–Crippen MR) is 96.3 cm³/mol. The van der Waals surface area contributed by atoms with E-state index in [0.717, 1.165) is 21.9 Å². The van der Waals surface area contributed by atoms with Crippen LogP contribution in [0.2, 0.25) is 5.02 Å². The highest BCUT2D eigenvalue weighted by Gasteiger charge is 2.03. The zero-order valence-corrected chi connectivity index (χ0v) is 14.2. The molecule has 0 atom stereocenters. The Bertz CT molecular complexity index is 692. The van der Waals surface area contributed by atoms with Gasteiger partial charge in [0.15, 0.2) is 0 Å². The number of ether oxygens (including phenoxy) is 1. The fourth-order valence-electron chi connectivity index (χ4n) is 1.80. The lowest BCUT2D eigenvalue weighted by Gasteiger charge is -2.03. The maximum atomic E-state index is 11.7. The van der Waals surface area contributed by atoms with Crippen LogP contribution < -0.4 is 10.2 Å².